The summed E-state index contributed by atoms with van der Waals surface area (Å²) < 4.78 is 11.4. The van der Waals surface area contributed by atoms with E-state index in [1.807, 2.05) is 48.5 Å². The van der Waals surface area contributed by atoms with Gasteiger partial charge in [0.15, 0.2) is 0 Å². The standard InChI is InChI=1S/C36H40N2O4/c1-35(2,3)25-11-7-23(8-12-25)21-41-33(39)31-19-27(37)15-17-29(31)30-18-16-28(38)20-32(30)34(40)42-22-24-9-13-26(14-10-24)36(4,5)6/h7-20H,21-22,37-38H2,1-6H3. The molecule has 0 radical (unpaired) electrons. The summed E-state index contributed by atoms with van der Waals surface area (Å²) in [7, 11) is 0. The lowest BCUT2D eigenvalue weighted by Gasteiger charge is -2.19. The van der Waals surface area contributed by atoms with Crippen molar-refractivity contribution in [2.45, 2.75) is 65.6 Å². The van der Waals surface area contributed by atoms with Crippen LogP contribution in [0.25, 0.3) is 11.1 Å². The van der Waals surface area contributed by atoms with Crippen molar-refractivity contribution in [3.63, 3.8) is 0 Å². The Balaban J connectivity index is 1.56. The largest absolute Gasteiger partial charge is 0.457 e. The van der Waals surface area contributed by atoms with Gasteiger partial charge in [-0.25, -0.2) is 9.59 Å². The summed E-state index contributed by atoms with van der Waals surface area (Å²) >= 11 is 0. The van der Waals surface area contributed by atoms with Gasteiger partial charge in [0.1, 0.15) is 13.2 Å². The first kappa shape index (κ1) is 30.4. The van der Waals surface area contributed by atoms with Crippen LogP contribution in [-0.2, 0) is 33.5 Å². The summed E-state index contributed by atoms with van der Waals surface area (Å²) in [6.45, 7) is 13.1. The molecule has 6 nitrogen and oxygen atoms in total. The monoisotopic (exact) mass is 564 g/mol. The highest BCUT2D eigenvalue weighted by Gasteiger charge is 2.22. The molecule has 0 spiro atoms. The smallest absolute Gasteiger partial charge is 0.339 e. The molecule has 4 N–H and O–H groups in total. The van der Waals surface area contributed by atoms with Crippen molar-refractivity contribution in [2.24, 2.45) is 0 Å². The van der Waals surface area contributed by atoms with Gasteiger partial charge >= 0.3 is 11.9 Å². The lowest BCUT2D eigenvalue weighted by molar-refractivity contribution is 0.0462. The number of anilines is 2. The number of rotatable bonds is 7. The minimum Gasteiger partial charge on any atom is -0.457 e. The zero-order valence-electron chi connectivity index (χ0n) is 25.3. The van der Waals surface area contributed by atoms with Crippen LogP contribution in [0.15, 0.2) is 84.9 Å². The molecule has 0 heterocycles. The van der Waals surface area contributed by atoms with Gasteiger partial charge < -0.3 is 20.9 Å². The number of hydrogen-bond acceptors (Lipinski definition) is 6. The van der Waals surface area contributed by atoms with Crippen molar-refractivity contribution in [3.8, 4) is 11.1 Å². The first-order valence-electron chi connectivity index (χ1n) is 14.0. The van der Waals surface area contributed by atoms with Gasteiger partial charge in [0.25, 0.3) is 0 Å². The van der Waals surface area contributed by atoms with Crippen molar-refractivity contribution < 1.29 is 19.1 Å². The van der Waals surface area contributed by atoms with Crippen LogP contribution in [0.5, 0.6) is 0 Å². The molecular formula is C36H40N2O4. The molecule has 218 valence electrons. The molecular weight excluding hydrogens is 524 g/mol. The van der Waals surface area contributed by atoms with E-state index in [1.165, 1.54) is 11.1 Å². The maximum absolute atomic E-state index is 13.3. The van der Waals surface area contributed by atoms with Crippen LogP contribution in [0.2, 0.25) is 0 Å². The number of nitrogen functional groups attached to an aromatic ring is 2. The summed E-state index contributed by atoms with van der Waals surface area (Å²) in [6, 6.07) is 25.9. The van der Waals surface area contributed by atoms with Gasteiger partial charge in [-0.2, -0.15) is 0 Å². The van der Waals surface area contributed by atoms with E-state index in [0.29, 0.717) is 22.5 Å². The fourth-order valence-corrected chi connectivity index (χ4v) is 4.59. The fraction of sp³-hybridized carbons (Fsp3) is 0.278. The molecule has 0 bridgehead atoms. The lowest BCUT2D eigenvalue weighted by atomic mass is 9.87. The summed E-state index contributed by atoms with van der Waals surface area (Å²) in [5.74, 6) is -1.10. The Morgan fingerprint density at radius 1 is 0.548 bits per heavy atom. The Morgan fingerprint density at radius 3 is 1.19 bits per heavy atom. The van der Waals surface area contributed by atoms with Gasteiger partial charge in [0.2, 0.25) is 0 Å². The summed E-state index contributed by atoms with van der Waals surface area (Å²) in [6.07, 6.45) is 0. The first-order valence-corrected chi connectivity index (χ1v) is 14.0. The average Bonchev–Trinajstić information content (AvgIpc) is 2.94. The third-order valence-corrected chi connectivity index (χ3v) is 7.20. The molecule has 4 rings (SSSR count). The molecule has 0 atom stereocenters. The van der Waals surface area contributed by atoms with E-state index in [1.54, 1.807) is 36.4 Å². The fourth-order valence-electron chi connectivity index (χ4n) is 4.59. The van der Waals surface area contributed by atoms with Crippen molar-refractivity contribution in [3.05, 3.63) is 118 Å². The molecule has 0 unspecified atom stereocenters. The number of benzene rings is 4. The molecule has 0 aliphatic carbocycles. The molecule has 0 amide bonds. The van der Waals surface area contributed by atoms with Gasteiger partial charge in [0, 0.05) is 11.4 Å². The van der Waals surface area contributed by atoms with Crippen LogP contribution in [0.3, 0.4) is 0 Å². The molecule has 42 heavy (non-hydrogen) atoms. The second kappa shape index (κ2) is 12.1. The maximum Gasteiger partial charge on any atom is 0.339 e. The van der Waals surface area contributed by atoms with Gasteiger partial charge in [0.05, 0.1) is 11.1 Å². The average molecular weight is 565 g/mol. The molecule has 0 aliphatic rings. The molecule has 0 fully saturated rings. The van der Waals surface area contributed by atoms with Gasteiger partial charge in [-0.15, -0.1) is 0 Å². The van der Waals surface area contributed by atoms with Crippen LogP contribution in [0.1, 0.15) is 84.5 Å². The van der Waals surface area contributed by atoms with E-state index in [4.69, 9.17) is 20.9 Å². The van der Waals surface area contributed by atoms with Crippen LogP contribution in [-0.4, -0.2) is 11.9 Å². The topological polar surface area (TPSA) is 105 Å². The molecule has 0 aliphatic heterocycles. The highest BCUT2D eigenvalue weighted by atomic mass is 16.5. The van der Waals surface area contributed by atoms with Crippen LogP contribution in [0, 0.1) is 0 Å². The lowest BCUT2D eigenvalue weighted by Crippen LogP contribution is -2.12. The SMILES string of the molecule is CC(C)(C)c1ccc(COC(=O)c2cc(N)ccc2-c2ccc(N)cc2C(=O)OCc2ccc(C(C)(C)C)cc2)cc1. The summed E-state index contributed by atoms with van der Waals surface area (Å²) in [5, 5.41) is 0. The quantitative estimate of drug-likeness (QED) is 0.175. The number of nitrogens with two attached hydrogens (primary N) is 2. The van der Waals surface area contributed by atoms with Crippen molar-refractivity contribution in [1.82, 2.24) is 0 Å². The second-order valence-electron chi connectivity index (χ2n) is 12.7. The van der Waals surface area contributed by atoms with Gasteiger partial charge in [-0.3, -0.25) is 0 Å². The van der Waals surface area contributed by atoms with Gasteiger partial charge in [-0.1, -0.05) is 102 Å². The number of esters is 2. The molecule has 4 aromatic rings. The third kappa shape index (κ3) is 7.38. The predicted molar refractivity (Wildman–Crippen MR) is 169 cm³/mol. The van der Waals surface area contributed by atoms with Crippen LogP contribution in [0.4, 0.5) is 11.4 Å². The van der Waals surface area contributed by atoms with E-state index < -0.39 is 11.9 Å². The van der Waals surface area contributed by atoms with E-state index >= 15 is 0 Å². The van der Waals surface area contributed by atoms with Crippen molar-refractivity contribution in [2.75, 3.05) is 11.5 Å². The third-order valence-electron chi connectivity index (χ3n) is 7.20. The van der Waals surface area contributed by atoms with Crippen molar-refractivity contribution >= 4 is 23.3 Å². The normalized spacial score (nSPS) is 11.7. The van der Waals surface area contributed by atoms with Gasteiger partial charge in [-0.05, 0) is 68.5 Å². The Hall–Kier alpha value is -4.58. The Labute approximate surface area is 248 Å². The zero-order chi connectivity index (χ0) is 30.7. The van der Waals surface area contributed by atoms with E-state index in [2.05, 4.69) is 41.5 Å². The van der Waals surface area contributed by atoms with E-state index in [9.17, 15) is 9.59 Å². The Bertz CT molecular complexity index is 1450. The number of hydrogen-bond donors (Lipinski definition) is 2. The highest BCUT2D eigenvalue weighted by Crippen LogP contribution is 2.32. The molecule has 4 aromatic carbocycles. The number of carbonyl (C=O) groups is 2. The zero-order valence-corrected chi connectivity index (χ0v) is 25.3. The molecule has 0 saturated heterocycles. The number of carbonyl (C=O) groups excluding carboxylic acids is 2. The number of ether oxygens (including phenoxy) is 2. The van der Waals surface area contributed by atoms with Crippen LogP contribution >= 0.6 is 0 Å². The molecule has 0 aromatic heterocycles. The Kier molecular flexibility index (Phi) is 8.76. The molecule has 6 heteroatoms. The van der Waals surface area contributed by atoms with Crippen LogP contribution < -0.4 is 11.5 Å². The molecule has 0 saturated carbocycles. The minimum absolute atomic E-state index is 0.0283. The summed E-state index contributed by atoms with van der Waals surface area (Å²) in [5.41, 5.74) is 18.6. The summed E-state index contributed by atoms with van der Waals surface area (Å²) in [4.78, 5) is 26.7. The Morgan fingerprint density at radius 2 is 0.881 bits per heavy atom. The second-order valence-corrected chi connectivity index (χ2v) is 12.7. The van der Waals surface area contributed by atoms with Crippen molar-refractivity contribution in [1.29, 1.82) is 0 Å². The predicted octanol–water partition coefficient (Wildman–Crippen LogP) is 7.83. The maximum atomic E-state index is 13.3. The highest BCUT2D eigenvalue weighted by molar-refractivity contribution is 6.04. The minimum atomic E-state index is -0.549. The van der Waals surface area contributed by atoms with E-state index in [0.717, 1.165) is 11.1 Å². The first-order chi connectivity index (χ1) is 19.7. The van der Waals surface area contributed by atoms with E-state index in [-0.39, 0.29) is 35.2 Å².